The largest absolute Gasteiger partial charge is 0.492 e. The molecule has 0 amide bonds. The van der Waals surface area contributed by atoms with E-state index in [0.717, 1.165) is 0 Å². The van der Waals surface area contributed by atoms with Crippen molar-refractivity contribution in [3.63, 3.8) is 0 Å². The van der Waals surface area contributed by atoms with Gasteiger partial charge in [0, 0.05) is 14.2 Å². The first-order valence-electron chi connectivity index (χ1n) is 5.32. The van der Waals surface area contributed by atoms with Gasteiger partial charge in [-0.1, -0.05) is 0 Å². The Labute approximate surface area is 106 Å². The number of aliphatic hydroxyl groups excluding tert-OH is 1. The van der Waals surface area contributed by atoms with Crippen molar-refractivity contribution in [2.45, 2.75) is 6.61 Å². The Morgan fingerprint density at radius 1 is 0.944 bits per heavy atom. The lowest BCUT2D eigenvalue weighted by Crippen LogP contribution is -2.06. The van der Waals surface area contributed by atoms with E-state index in [0.29, 0.717) is 22.8 Å². The van der Waals surface area contributed by atoms with Gasteiger partial charge in [-0.2, -0.15) is 0 Å². The van der Waals surface area contributed by atoms with E-state index in [1.165, 1.54) is 21.3 Å². The molecule has 0 atom stereocenters. The van der Waals surface area contributed by atoms with E-state index >= 15 is 0 Å². The number of methoxy groups -OCH3 is 3. The number of hydrogen-bond donors (Lipinski definition) is 1. The van der Waals surface area contributed by atoms with Gasteiger partial charge in [0.25, 0.3) is 0 Å². The summed E-state index contributed by atoms with van der Waals surface area (Å²) in [7, 11) is 4.54. The minimum absolute atomic E-state index is 0.0917. The van der Waals surface area contributed by atoms with Crippen LogP contribution in [-0.4, -0.2) is 40.0 Å². The maximum absolute atomic E-state index is 9.39. The van der Waals surface area contributed by atoms with Gasteiger partial charge in [0.2, 0.25) is 0 Å². The summed E-state index contributed by atoms with van der Waals surface area (Å²) in [5.41, 5.74) is 0.503. The van der Waals surface area contributed by atoms with Crippen molar-refractivity contribution < 1.29 is 28.8 Å². The molecule has 0 saturated heterocycles. The average molecular weight is 258 g/mol. The molecule has 0 heterocycles. The molecule has 0 aliphatic heterocycles. The Bertz CT molecular complexity index is 331. The van der Waals surface area contributed by atoms with E-state index in [2.05, 4.69) is 0 Å². The summed E-state index contributed by atoms with van der Waals surface area (Å²) in [6.07, 6.45) is 0. The van der Waals surface area contributed by atoms with E-state index in [-0.39, 0.29) is 20.2 Å². The molecule has 0 unspecified atom stereocenters. The molecule has 0 spiro atoms. The highest BCUT2D eigenvalue weighted by Gasteiger charge is 2.15. The van der Waals surface area contributed by atoms with Crippen molar-refractivity contribution in [3.8, 4) is 17.2 Å². The van der Waals surface area contributed by atoms with Crippen LogP contribution in [0.4, 0.5) is 0 Å². The fraction of sp³-hybridized carbons (Fsp3) is 0.500. The van der Waals surface area contributed by atoms with Gasteiger partial charge in [0.05, 0.1) is 19.3 Å². The van der Waals surface area contributed by atoms with Crippen LogP contribution in [-0.2, 0) is 16.1 Å². The monoisotopic (exact) mass is 258 g/mol. The molecular formula is C12H18O6. The average Bonchev–Trinajstić information content (AvgIpc) is 2.42. The summed E-state index contributed by atoms with van der Waals surface area (Å²) in [4.78, 5) is 0. The Morgan fingerprint density at radius 2 is 1.50 bits per heavy atom. The van der Waals surface area contributed by atoms with Crippen molar-refractivity contribution in [1.29, 1.82) is 0 Å². The van der Waals surface area contributed by atoms with Crippen LogP contribution < -0.4 is 14.2 Å². The highest BCUT2D eigenvalue weighted by molar-refractivity contribution is 5.53. The number of aliphatic hydroxyl groups is 1. The fourth-order valence-corrected chi connectivity index (χ4v) is 1.46. The van der Waals surface area contributed by atoms with E-state index in [4.69, 9.17) is 23.7 Å². The second-order valence-electron chi connectivity index (χ2n) is 3.33. The van der Waals surface area contributed by atoms with Crippen LogP contribution in [0.2, 0.25) is 0 Å². The molecule has 0 saturated carbocycles. The molecule has 1 aromatic rings. The van der Waals surface area contributed by atoms with Crippen LogP contribution in [0.15, 0.2) is 12.1 Å². The molecule has 0 radical (unpaired) electrons. The first-order chi connectivity index (χ1) is 8.78. The third-order valence-corrected chi connectivity index (χ3v) is 2.21. The minimum Gasteiger partial charge on any atom is -0.492 e. The SMILES string of the molecule is COCOc1ccc(OCOC)c(OC)c1CO. The molecule has 0 aromatic heterocycles. The third-order valence-electron chi connectivity index (χ3n) is 2.21. The van der Waals surface area contributed by atoms with Gasteiger partial charge in [-0.05, 0) is 12.1 Å². The van der Waals surface area contributed by atoms with Crippen LogP contribution in [0.1, 0.15) is 5.56 Å². The number of ether oxygens (including phenoxy) is 5. The summed E-state index contributed by atoms with van der Waals surface area (Å²) in [5.74, 6) is 1.39. The normalized spacial score (nSPS) is 10.2. The standard InChI is InChI=1S/C12H18O6/c1-14-7-17-10-4-5-11(18-8-15-2)12(16-3)9(10)6-13/h4-5,13H,6-8H2,1-3H3. The molecule has 1 rings (SSSR count). The second-order valence-corrected chi connectivity index (χ2v) is 3.33. The van der Waals surface area contributed by atoms with Crippen molar-refractivity contribution >= 4 is 0 Å². The van der Waals surface area contributed by atoms with E-state index < -0.39 is 0 Å². The first-order valence-corrected chi connectivity index (χ1v) is 5.32. The summed E-state index contributed by atoms with van der Waals surface area (Å²) in [5, 5.41) is 9.39. The predicted molar refractivity (Wildman–Crippen MR) is 63.9 cm³/mol. The molecule has 1 N–H and O–H groups in total. The van der Waals surface area contributed by atoms with Crippen molar-refractivity contribution in [1.82, 2.24) is 0 Å². The van der Waals surface area contributed by atoms with E-state index in [9.17, 15) is 5.11 Å². The molecule has 102 valence electrons. The Kier molecular flexibility index (Phi) is 6.27. The first kappa shape index (κ1) is 14.6. The molecule has 0 aliphatic rings. The Hall–Kier alpha value is -1.50. The summed E-state index contributed by atoms with van der Waals surface area (Å²) in [6.45, 7) is -0.0413. The van der Waals surface area contributed by atoms with Gasteiger partial charge in [0.15, 0.2) is 25.1 Å². The molecule has 0 aliphatic carbocycles. The fourth-order valence-electron chi connectivity index (χ4n) is 1.46. The number of hydrogen-bond acceptors (Lipinski definition) is 6. The smallest absolute Gasteiger partial charge is 0.188 e. The second kappa shape index (κ2) is 7.75. The predicted octanol–water partition coefficient (Wildman–Crippen LogP) is 1.15. The molecular weight excluding hydrogens is 240 g/mol. The van der Waals surface area contributed by atoms with Crippen LogP contribution in [0.3, 0.4) is 0 Å². The zero-order chi connectivity index (χ0) is 13.4. The summed E-state index contributed by atoms with van der Waals surface area (Å²) < 4.78 is 25.5. The molecule has 1 aromatic carbocycles. The lowest BCUT2D eigenvalue weighted by molar-refractivity contribution is 0.0452. The van der Waals surface area contributed by atoms with Gasteiger partial charge < -0.3 is 28.8 Å². The molecule has 6 heteroatoms. The molecule has 0 fully saturated rings. The van der Waals surface area contributed by atoms with E-state index in [1.807, 2.05) is 0 Å². The van der Waals surface area contributed by atoms with Gasteiger partial charge in [-0.15, -0.1) is 0 Å². The molecule has 0 bridgehead atoms. The molecule has 18 heavy (non-hydrogen) atoms. The van der Waals surface area contributed by atoms with E-state index in [1.54, 1.807) is 12.1 Å². The van der Waals surface area contributed by atoms with Gasteiger partial charge in [-0.3, -0.25) is 0 Å². The number of benzene rings is 1. The number of rotatable bonds is 8. The maximum Gasteiger partial charge on any atom is 0.188 e. The lowest BCUT2D eigenvalue weighted by atomic mass is 10.1. The van der Waals surface area contributed by atoms with Crippen molar-refractivity contribution in [2.24, 2.45) is 0 Å². The minimum atomic E-state index is -0.230. The quantitative estimate of drug-likeness (QED) is 0.706. The van der Waals surface area contributed by atoms with Crippen molar-refractivity contribution in [3.05, 3.63) is 17.7 Å². The van der Waals surface area contributed by atoms with Crippen LogP contribution >= 0.6 is 0 Å². The third kappa shape index (κ3) is 3.49. The van der Waals surface area contributed by atoms with Crippen LogP contribution in [0.25, 0.3) is 0 Å². The van der Waals surface area contributed by atoms with Gasteiger partial charge in [-0.25, -0.2) is 0 Å². The summed E-state index contributed by atoms with van der Waals surface area (Å²) >= 11 is 0. The topological polar surface area (TPSA) is 66.4 Å². The highest BCUT2D eigenvalue weighted by Crippen LogP contribution is 2.37. The van der Waals surface area contributed by atoms with Gasteiger partial charge in [0.1, 0.15) is 5.75 Å². The Morgan fingerprint density at radius 3 is 2.00 bits per heavy atom. The highest BCUT2D eigenvalue weighted by atomic mass is 16.7. The zero-order valence-corrected chi connectivity index (χ0v) is 10.8. The zero-order valence-electron chi connectivity index (χ0n) is 10.8. The van der Waals surface area contributed by atoms with Crippen LogP contribution in [0, 0.1) is 0 Å². The summed E-state index contributed by atoms with van der Waals surface area (Å²) in [6, 6.07) is 3.36. The maximum atomic E-state index is 9.39. The lowest BCUT2D eigenvalue weighted by Gasteiger charge is -2.16. The van der Waals surface area contributed by atoms with Gasteiger partial charge >= 0.3 is 0 Å². The van der Waals surface area contributed by atoms with Crippen LogP contribution in [0.5, 0.6) is 17.2 Å². The molecule has 6 nitrogen and oxygen atoms in total. The Balaban J connectivity index is 3.02. The van der Waals surface area contributed by atoms with Crippen molar-refractivity contribution in [2.75, 3.05) is 34.9 Å².